The fourth-order valence-corrected chi connectivity index (χ4v) is 5.87. The summed E-state index contributed by atoms with van der Waals surface area (Å²) in [4.78, 5) is 32.9. The van der Waals surface area contributed by atoms with Gasteiger partial charge in [-0.1, -0.05) is 12.1 Å². The van der Waals surface area contributed by atoms with Gasteiger partial charge in [0.25, 0.3) is 11.8 Å². The van der Waals surface area contributed by atoms with Crippen molar-refractivity contribution in [2.75, 3.05) is 51.3 Å². The van der Waals surface area contributed by atoms with Gasteiger partial charge in [0, 0.05) is 68.5 Å². The summed E-state index contributed by atoms with van der Waals surface area (Å²) in [5, 5.41) is 12.9. The van der Waals surface area contributed by atoms with Gasteiger partial charge in [-0.25, -0.2) is 0 Å². The summed E-state index contributed by atoms with van der Waals surface area (Å²) in [5.41, 5.74) is 4.14. The number of nitriles is 1. The van der Waals surface area contributed by atoms with Crippen molar-refractivity contribution in [2.24, 2.45) is 0 Å². The van der Waals surface area contributed by atoms with Crippen LogP contribution in [0.5, 0.6) is 5.75 Å². The third-order valence-corrected chi connectivity index (χ3v) is 8.40. The lowest BCUT2D eigenvalue weighted by molar-refractivity contribution is 0.0746. The molecule has 43 heavy (non-hydrogen) atoms. The Morgan fingerprint density at radius 2 is 1.65 bits per heavy atom. The summed E-state index contributed by atoms with van der Waals surface area (Å²) in [7, 11) is 1.66. The number of piperazine rings is 1. The molecular formula is C34H35N5O4. The molecule has 0 radical (unpaired) electrons. The Morgan fingerprint density at radius 3 is 2.33 bits per heavy atom. The Kier molecular flexibility index (Phi) is 8.29. The highest BCUT2D eigenvalue weighted by Crippen LogP contribution is 2.24. The number of methoxy groups -OCH3 is 1. The van der Waals surface area contributed by atoms with Crippen LogP contribution in [0.2, 0.25) is 0 Å². The minimum atomic E-state index is -0.232. The molecule has 2 fully saturated rings. The first-order valence-corrected chi connectivity index (χ1v) is 14.7. The lowest BCUT2D eigenvalue weighted by atomic mass is 10.0. The summed E-state index contributed by atoms with van der Waals surface area (Å²) < 4.78 is 11.1. The Bertz CT molecular complexity index is 1620. The van der Waals surface area contributed by atoms with Gasteiger partial charge in [-0.05, 0) is 79.1 Å². The zero-order valence-electron chi connectivity index (χ0n) is 24.3. The van der Waals surface area contributed by atoms with Gasteiger partial charge in [-0.15, -0.1) is 0 Å². The van der Waals surface area contributed by atoms with Crippen molar-refractivity contribution >= 4 is 28.5 Å². The van der Waals surface area contributed by atoms with Crippen molar-refractivity contribution in [3.05, 3.63) is 95.2 Å². The number of furan rings is 1. The maximum Gasteiger partial charge on any atom is 0.287 e. The van der Waals surface area contributed by atoms with Gasteiger partial charge < -0.3 is 24.3 Å². The molecule has 6 rings (SSSR count). The van der Waals surface area contributed by atoms with Crippen LogP contribution in [-0.2, 0) is 6.54 Å². The van der Waals surface area contributed by atoms with Crippen LogP contribution in [0, 0.1) is 11.3 Å². The second kappa shape index (κ2) is 12.6. The van der Waals surface area contributed by atoms with Gasteiger partial charge in [-0.3, -0.25) is 14.5 Å². The van der Waals surface area contributed by atoms with Crippen molar-refractivity contribution in [3.8, 4) is 11.8 Å². The van der Waals surface area contributed by atoms with E-state index in [0.29, 0.717) is 29.8 Å². The van der Waals surface area contributed by atoms with Crippen LogP contribution in [0.3, 0.4) is 0 Å². The number of hydrogen-bond donors (Lipinski definition) is 1. The van der Waals surface area contributed by atoms with Crippen molar-refractivity contribution in [3.63, 3.8) is 0 Å². The minimum absolute atomic E-state index is 0.0174. The van der Waals surface area contributed by atoms with Crippen molar-refractivity contribution in [1.29, 1.82) is 5.26 Å². The lowest BCUT2D eigenvalue weighted by Crippen LogP contribution is -2.48. The van der Waals surface area contributed by atoms with Crippen LogP contribution in [0.15, 0.2) is 77.2 Å². The SMILES string of the molecule is COc1ccc(N2CCN(C(=O)c3ccc4oc(C(=O)NC5CCN(Cc6ccc(C#N)cc6)CC5)cc4c3)CC2)cc1. The zero-order chi connectivity index (χ0) is 29.8. The highest BCUT2D eigenvalue weighted by molar-refractivity contribution is 6.00. The van der Waals surface area contributed by atoms with Crippen LogP contribution in [0.25, 0.3) is 11.0 Å². The largest absolute Gasteiger partial charge is 0.497 e. The average Bonchev–Trinajstić information content (AvgIpc) is 3.50. The number of nitrogens with zero attached hydrogens (tertiary/aromatic N) is 4. The maximum absolute atomic E-state index is 13.3. The molecule has 3 aromatic carbocycles. The fourth-order valence-electron chi connectivity index (χ4n) is 5.87. The Labute approximate surface area is 251 Å². The third kappa shape index (κ3) is 6.50. The molecule has 0 unspecified atom stereocenters. The van der Waals surface area contributed by atoms with Gasteiger partial charge in [0.2, 0.25) is 0 Å². The lowest BCUT2D eigenvalue weighted by Gasteiger charge is -2.36. The van der Waals surface area contributed by atoms with E-state index in [1.165, 1.54) is 5.56 Å². The second-order valence-electron chi connectivity index (χ2n) is 11.2. The van der Waals surface area contributed by atoms with Crippen LogP contribution in [0.1, 0.15) is 44.9 Å². The van der Waals surface area contributed by atoms with Crippen LogP contribution in [0.4, 0.5) is 5.69 Å². The molecule has 0 atom stereocenters. The third-order valence-electron chi connectivity index (χ3n) is 8.40. The number of ether oxygens (including phenoxy) is 1. The van der Waals surface area contributed by atoms with Gasteiger partial charge in [0.1, 0.15) is 11.3 Å². The quantitative estimate of drug-likeness (QED) is 0.341. The number of fused-ring (bicyclic) bond motifs is 1. The fraction of sp³-hybridized carbons (Fsp3) is 0.324. The molecule has 3 heterocycles. The molecule has 0 bridgehead atoms. The molecule has 2 aliphatic rings. The average molecular weight is 578 g/mol. The normalized spacial score (nSPS) is 16.2. The number of hydrogen-bond acceptors (Lipinski definition) is 7. The van der Waals surface area contributed by atoms with Crippen molar-refractivity contribution in [2.45, 2.75) is 25.4 Å². The number of nitrogens with one attached hydrogen (secondary N) is 1. The molecule has 4 aromatic rings. The summed E-state index contributed by atoms with van der Waals surface area (Å²) in [6.07, 6.45) is 1.71. The van der Waals surface area contributed by atoms with E-state index in [0.717, 1.165) is 62.4 Å². The first-order valence-electron chi connectivity index (χ1n) is 14.7. The number of piperidine rings is 1. The Morgan fingerprint density at radius 1 is 0.930 bits per heavy atom. The molecule has 9 nitrogen and oxygen atoms in total. The molecule has 1 aromatic heterocycles. The van der Waals surface area contributed by atoms with Gasteiger partial charge >= 0.3 is 0 Å². The van der Waals surface area contributed by atoms with E-state index < -0.39 is 0 Å². The molecule has 0 spiro atoms. The van der Waals surface area contributed by atoms with Crippen molar-refractivity contribution < 1.29 is 18.7 Å². The van der Waals surface area contributed by atoms with Gasteiger partial charge in [-0.2, -0.15) is 5.26 Å². The number of carbonyl (C=O) groups excluding carboxylic acids is 2. The summed E-state index contributed by atoms with van der Waals surface area (Å²) in [6, 6.07) is 25.0. The standard InChI is InChI=1S/C34H35N5O4/c1-42-30-9-7-29(8-10-30)38-16-18-39(19-17-38)34(41)26-6-11-31-27(20-26)21-32(43-31)33(40)36-28-12-14-37(15-13-28)23-25-4-2-24(22-35)3-5-25/h2-11,20-21,28H,12-19,23H2,1H3,(H,36,40). The highest BCUT2D eigenvalue weighted by atomic mass is 16.5. The van der Waals surface area contributed by atoms with Crippen LogP contribution in [-0.4, -0.2) is 74.0 Å². The second-order valence-corrected chi connectivity index (χ2v) is 11.2. The summed E-state index contributed by atoms with van der Waals surface area (Å²) in [5.74, 6) is 0.832. The van der Waals surface area contributed by atoms with E-state index in [2.05, 4.69) is 21.2 Å². The number of likely N-dealkylation sites (tertiary alicyclic amines) is 1. The highest BCUT2D eigenvalue weighted by Gasteiger charge is 2.25. The van der Waals surface area contributed by atoms with Gasteiger partial charge in [0.05, 0.1) is 18.7 Å². The van der Waals surface area contributed by atoms with Gasteiger partial charge in [0.15, 0.2) is 5.76 Å². The maximum atomic E-state index is 13.3. The molecule has 2 amide bonds. The molecule has 0 aliphatic carbocycles. The molecule has 2 aliphatic heterocycles. The predicted molar refractivity (Wildman–Crippen MR) is 164 cm³/mol. The number of anilines is 1. The smallest absolute Gasteiger partial charge is 0.287 e. The van der Waals surface area contributed by atoms with E-state index in [-0.39, 0.29) is 23.6 Å². The minimum Gasteiger partial charge on any atom is -0.497 e. The van der Waals surface area contributed by atoms with Crippen LogP contribution < -0.4 is 15.0 Å². The molecule has 9 heteroatoms. The Hall–Kier alpha value is -4.81. The molecule has 2 saturated heterocycles. The van der Waals surface area contributed by atoms with E-state index in [9.17, 15) is 9.59 Å². The monoisotopic (exact) mass is 577 g/mol. The number of rotatable bonds is 7. The number of carbonyl (C=O) groups is 2. The molecular weight excluding hydrogens is 542 g/mol. The Balaban J connectivity index is 1.01. The van der Waals surface area contributed by atoms with E-state index in [1.807, 2.05) is 59.5 Å². The summed E-state index contributed by atoms with van der Waals surface area (Å²) >= 11 is 0. The van der Waals surface area contributed by atoms with Crippen molar-refractivity contribution in [1.82, 2.24) is 15.1 Å². The summed E-state index contributed by atoms with van der Waals surface area (Å²) in [6.45, 7) is 5.36. The number of benzene rings is 3. The molecule has 1 N–H and O–H groups in total. The predicted octanol–water partition coefficient (Wildman–Crippen LogP) is 4.67. The number of amides is 2. The first-order chi connectivity index (χ1) is 21.0. The van der Waals surface area contributed by atoms with E-state index in [1.54, 1.807) is 25.3 Å². The van der Waals surface area contributed by atoms with E-state index >= 15 is 0 Å². The first kappa shape index (κ1) is 28.3. The van der Waals surface area contributed by atoms with E-state index in [4.69, 9.17) is 14.4 Å². The molecule has 220 valence electrons. The molecule has 0 saturated carbocycles. The van der Waals surface area contributed by atoms with Crippen LogP contribution >= 0.6 is 0 Å². The topological polar surface area (TPSA) is 102 Å². The zero-order valence-corrected chi connectivity index (χ0v) is 24.3.